The summed E-state index contributed by atoms with van der Waals surface area (Å²) < 4.78 is 21.9. The topological polar surface area (TPSA) is 61.8 Å². The second-order valence-corrected chi connectivity index (χ2v) is 6.64. The van der Waals surface area contributed by atoms with Crippen molar-refractivity contribution in [3.05, 3.63) is 78.1 Å². The normalized spacial score (nSPS) is 13.1. The lowest BCUT2D eigenvalue weighted by Gasteiger charge is -2.19. The molecule has 0 radical (unpaired) electrons. The molecule has 0 bridgehead atoms. The molecule has 2 aromatic carbocycles. The first-order chi connectivity index (χ1) is 14.3. The first kappa shape index (κ1) is 19.1. The van der Waals surface area contributed by atoms with Gasteiger partial charge in [0.2, 0.25) is 6.79 Å². The van der Waals surface area contributed by atoms with Gasteiger partial charge in [0, 0.05) is 12.3 Å². The fourth-order valence-corrected chi connectivity index (χ4v) is 3.24. The van der Waals surface area contributed by atoms with Crippen LogP contribution in [-0.4, -0.2) is 32.0 Å². The minimum atomic E-state index is -0.0168. The summed E-state index contributed by atoms with van der Waals surface area (Å²) in [5.74, 6) is 3.10. The van der Waals surface area contributed by atoms with Gasteiger partial charge < -0.3 is 24.3 Å². The van der Waals surface area contributed by atoms with Crippen LogP contribution in [0.1, 0.15) is 23.7 Å². The van der Waals surface area contributed by atoms with Gasteiger partial charge in [0.1, 0.15) is 11.5 Å². The lowest BCUT2D eigenvalue weighted by molar-refractivity contribution is 0.173. The molecule has 29 heavy (non-hydrogen) atoms. The lowest BCUT2D eigenvalue weighted by Crippen LogP contribution is -2.25. The second kappa shape index (κ2) is 9.30. The number of nitrogens with zero attached hydrogens (tertiary/aromatic N) is 1. The fraction of sp³-hybridized carbons (Fsp3) is 0.261. The molecule has 0 unspecified atom stereocenters. The van der Waals surface area contributed by atoms with Gasteiger partial charge in [-0.2, -0.15) is 0 Å². The van der Waals surface area contributed by atoms with E-state index in [9.17, 15) is 0 Å². The van der Waals surface area contributed by atoms with Crippen LogP contribution >= 0.6 is 0 Å². The molecule has 1 atom stereocenters. The van der Waals surface area contributed by atoms with Gasteiger partial charge in [-0.25, -0.2) is 0 Å². The highest BCUT2D eigenvalue weighted by Crippen LogP contribution is 2.35. The highest BCUT2D eigenvalue weighted by Gasteiger charge is 2.16. The molecule has 3 aromatic rings. The average molecular weight is 392 g/mol. The minimum Gasteiger partial charge on any atom is -0.497 e. The number of nitrogens with one attached hydrogen (secondary N) is 1. The number of ether oxygens (including phenoxy) is 4. The zero-order valence-electron chi connectivity index (χ0n) is 16.3. The first-order valence-electron chi connectivity index (χ1n) is 9.64. The average Bonchev–Trinajstić information content (AvgIpc) is 3.25. The number of methoxy groups -OCH3 is 1. The minimum absolute atomic E-state index is 0.0168. The fourth-order valence-electron chi connectivity index (χ4n) is 3.24. The molecule has 0 amide bonds. The van der Waals surface area contributed by atoms with E-state index >= 15 is 0 Å². The molecule has 0 saturated heterocycles. The van der Waals surface area contributed by atoms with E-state index in [4.69, 9.17) is 18.9 Å². The molecule has 2 heterocycles. The van der Waals surface area contributed by atoms with Crippen molar-refractivity contribution in [1.29, 1.82) is 0 Å². The standard InChI is InChI=1S/C23H24N2O4/c1-26-18-7-4-6-17(14-18)23(20-8-2-3-11-24-20)25-12-5-13-27-19-9-10-21-22(15-19)29-16-28-21/h2-4,6-11,14-15,23,25H,5,12-13,16H2,1H3/t23-/m0/s1. The third-order valence-electron chi connectivity index (χ3n) is 4.69. The van der Waals surface area contributed by atoms with E-state index in [1.807, 2.05) is 60.8 Å². The van der Waals surface area contributed by atoms with Crippen LogP contribution in [0.3, 0.4) is 0 Å². The number of aromatic nitrogens is 1. The predicted octanol–water partition coefficient (Wildman–Crippen LogP) is 3.97. The van der Waals surface area contributed by atoms with E-state index in [0.29, 0.717) is 6.61 Å². The number of hydrogen-bond acceptors (Lipinski definition) is 6. The van der Waals surface area contributed by atoms with Crippen LogP contribution in [0.2, 0.25) is 0 Å². The van der Waals surface area contributed by atoms with Gasteiger partial charge >= 0.3 is 0 Å². The number of hydrogen-bond donors (Lipinski definition) is 1. The molecular formula is C23H24N2O4. The molecule has 4 rings (SSSR count). The third kappa shape index (κ3) is 4.78. The predicted molar refractivity (Wildman–Crippen MR) is 110 cm³/mol. The van der Waals surface area contributed by atoms with Crippen molar-refractivity contribution in [3.63, 3.8) is 0 Å². The van der Waals surface area contributed by atoms with Gasteiger partial charge in [-0.3, -0.25) is 4.98 Å². The Bertz CT molecular complexity index is 933. The summed E-state index contributed by atoms with van der Waals surface area (Å²) in [5.41, 5.74) is 2.08. The Balaban J connectivity index is 1.34. The zero-order chi connectivity index (χ0) is 19.9. The van der Waals surface area contributed by atoms with Crippen LogP contribution < -0.4 is 24.3 Å². The zero-order valence-corrected chi connectivity index (χ0v) is 16.3. The maximum absolute atomic E-state index is 5.85. The van der Waals surface area contributed by atoms with Crippen molar-refractivity contribution in [2.75, 3.05) is 27.1 Å². The molecule has 6 heteroatoms. The summed E-state index contributed by atoms with van der Waals surface area (Å²) >= 11 is 0. The maximum Gasteiger partial charge on any atom is 0.231 e. The number of benzene rings is 2. The van der Waals surface area contributed by atoms with E-state index in [2.05, 4.69) is 16.4 Å². The summed E-state index contributed by atoms with van der Waals surface area (Å²) in [6, 6.07) is 19.6. The third-order valence-corrected chi connectivity index (χ3v) is 4.69. The Morgan fingerprint density at radius 1 is 1.00 bits per heavy atom. The van der Waals surface area contributed by atoms with E-state index in [1.165, 1.54) is 0 Å². The van der Waals surface area contributed by atoms with E-state index in [1.54, 1.807) is 7.11 Å². The molecule has 1 aromatic heterocycles. The monoisotopic (exact) mass is 392 g/mol. The smallest absolute Gasteiger partial charge is 0.231 e. The van der Waals surface area contributed by atoms with Crippen LogP contribution in [0.4, 0.5) is 0 Å². The molecule has 150 valence electrons. The van der Waals surface area contributed by atoms with Crippen molar-refractivity contribution < 1.29 is 18.9 Å². The van der Waals surface area contributed by atoms with Crippen molar-refractivity contribution >= 4 is 0 Å². The van der Waals surface area contributed by atoms with Crippen LogP contribution in [0.5, 0.6) is 23.0 Å². The van der Waals surface area contributed by atoms with Gasteiger partial charge in [0.05, 0.1) is 25.5 Å². The molecule has 0 fully saturated rings. The van der Waals surface area contributed by atoms with E-state index in [-0.39, 0.29) is 12.8 Å². The molecule has 6 nitrogen and oxygen atoms in total. The number of fused-ring (bicyclic) bond motifs is 1. The lowest BCUT2D eigenvalue weighted by atomic mass is 10.0. The summed E-state index contributed by atoms with van der Waals surface area (Å²) in [5, 5.41) is 3.59. The van der Waals surface area contributed by atoms with Crippen LogP contribution in [0.15, 0.2) is 66.9 Å². The number of rotatable bonds is 9. The Labute approximate surface area is 170 Å². The largest absolute Gasteiger partial charge is 0.497 e. The van der Waals surface area contributed by atoms with Gasteiger partial charge in [-0.05, 0) is 54.9 Å². The van der Waals surface area contributed by atoms with Crippen molar-refractivity contribution in [2.45, 2.75) is 12.5 Å². The second-order valence-electron chi connectivity index (χ2n) is 6.64. The van der Waals surface area contributed by atoms with Crippen LogP contribution in [-0.2, 0) is 0 Å². The summed E-state index contributed by atoms with van der Waals surface area (Å²) in [7, 11) is 1.68. The van der Waals surface area contributed by atoms with Crippen LogP contribution in [0, 0.1) is 0 Å². The molecule has 0 aliphatic carbocycles. The van der Waals surface area contributed by atoms with Crippen molar-refractivity contribution in [3.8, 4) is 23.0 Å². The van der Waals surface area contributed by atoms with Gasteiger partial charge in [-0.15, -0.1) is 0 Å². The highest BCUT2D eigenvalue weighted by atomic mass is 16.7. The van der Waals surface area contributed by atoms with Gasteiger partial charge in [0.15, 0.2) is 11.5 Å². The SMILES string of the molecule is COc1cccc([C@H](NCCCOc2ccc3c(c2)OCO3)c2ccccn2)c1. The molecule has 1 aliphatic heterocycles. The Morgan fingerprint density at radius 2 is 1.93 bits per heavy atom. The van der Waals surface area contributed by atoms with Gasteiger partial charge in [0.25, 0.3) is 0 Å². The summed E-state index contributed by atoms with van der Waals surface area (Å²) in [6.07, 6.45) is 2.66. The molecule has 1 aliphatic rings. The van der Waals surface area contributed by atoms with Crippen molar-refractivity contribution in [2.24, 2.45) is 0 Å². The maximum atomic E-state index is 5.85. The Kier molecular flexibility index (Phi) is 6.12. The quantitative estimate of drug-likeness (QED) is 0.556. The van der Waals surface area contributed by atoms with E-state index in [0.717, 1.165) is 47.2 Å². The number of pyridine rings is 1. The van der Waals surface area contributed by atoms with Crippen LogP contribution in [0.25, 0.3) is 0 Å². The van der Waals surface area contributed by atoms with E-state index < -0.39 is 0 Å². The van der Waals surface area contributed by atoms with Crippen molar-refractivity contribution in [1.82, 2.24) is 10.3 Å². The van der Waals surface area contributed by atoms with Gasteiger partial charge in [-0.1, -0.05) is 18.2 Å². The molecule has 0 saturated carbocycles. The molecule has 0 spiro atoms. The summed E-state index contributed by atoms with van der Waals surface area (Å²) in [4.78, 5) is 4.53. The summed E-state index contributed by atoms with van der Waals surface area (Å²) in [6.45, 7) is 1.64. The first-order valence-corrected chi connectivity index (χ1v) is 9.64. The highest BCUT2D eigenvalue weighted by molar-refractivity contribution is 5.46. The molecular weight excluding hydrogens is 368 g/mol. The Morgan fingerprint density at radius 3 is 2.79 bits per heavy atom. The molecule has 1 N–H and O–H groups in total. The Hall–Kier alpha value is -3.25.